The third-order valence-electron chi connectivity index (χ3n) is 14.2. The minimum absolute atomic E-state index is 0.0731. The lowest BCUT2D eigenvalue weighted by Gasteiger charge is -2.49. The minimum atomic E-state index is -3.13. The van der Waals surface area contributed by atoms with E-state index in [2.05, 4.69) is 69.3 Å². The van der Waals surface area contributed by atoms with E-state index in [4.69, 9.17) is 47.1 Å². The smallest absolute Gasteiger partial charge is 0.261 e. The van der Waals surface area contributed by atoms with Gasteiger partial charge in [-0.3, -0.25) is 0 Å². The predicted octanol–water partition coefficient (Wildman–Crippen LogP) is 9.96. The molecular formula is C64H72O11Si. The zero-order chi connectivity index (χ0) is 52.6. The molecule has 2 saturated heterocycles. The standard InChI is InChI=1S/C64H72O11Si/c1-64(2,3)76(52-36-22-10-23-37-52,53-38-24-11-25-39-53)73-46-55-58(68-41-48-28-14-6-15-29-48)60(70-43-50-32-18-8-19-33-50)61(71-44-51-34-20-9-21-35-51)63(75-55)72-45-54-57(67-40-47-26-12-5-13-27-47)59(56(65)62(66-4)74-54)69-42-49-30-16-7-17-31-49/h5-39,54-63,65H,40-46H2,1-4H3/t54-,55-,56-,57-,58-,59-,60+,61-,62+,63+/m1/s1. The van der Waals surface area contributed by atoms with Crippen LogP contribution in [0.15, 0.2) is 212 Å². The Morgan fingerprint density at radius 3 is 1.08 bits per heavy atom. The van der Waals surface area contributed by atoms with Gasteiger partial charge in [0, 0.05) is 7.11 Å². The van der Waals surface area contributed by atoms with Crippen LogP contribution in [-0.4, -0.2) is 95.2 Å². The Morgan fingerprint density at radius 1 is 0.382 bits per heavy atom. The van der Waals surface area contributed by atoms with Gasteiger partial charge in [-0.2, -0.15) is 0 Å². The van der Waals surface area contributed by atoms with E-state index in [0.717, 1.165) is 38.2 Å². The van der Waals surface area contributed by atoms with Crippen LogP contribution in [0.25, 0.3) is 0 Å². The Bertz CT molecular complexity index is 2680. The maximum absolute atomic E-state index is 11.9. The van der Waals surface area contributed by atoms with Gasteiger partial charge in [0.05, 0.1) is 46.2 Å². The lowest BCUT2D eigenvalue weighted by molar-refractivity contribution is -0.347. The van der Waals surface area contributed by atoms with Gasteiger partial charge in [-0.1, -0.05) is 233 Å². The maximum atomic E-state index is 11.9. The lowest BCUT2D eigenvalue weighted by atomic mass is 9.97. The zero-order valence-corrected chi connectivity index (χ0v) is 45.0. The van der Waals surface area contributed by atoms with E-state index in [-0.39, 0.29) is 51.3 Å². The molecule has 2 heterocycles. The van der Waals surface area contributed by atoms with Crippen molar-refractivity contribution in [1.82, 2.24) is 0 Å². The van der Waals surface area contributed by atoms with Crippen LogP contribution < -0.4 is 10.4 Å². The van der Waals surface area contributed by atoms with Crippen LogP contribution in [0.3, 0.4) is 0 Å². The van der Waals surface area contributed by atoms with Gasteiger partial charge >= 0.3 is 0 Å². The highest BCUT2D eigenvalue weighted by atomic mass is 28.4. The molecule has 7 aromatic carbocycles. The van der Waals surface area contributed by atoms with Crippen molar-refractivity contribution in [2.45, 2.75) is 120 Å². The van der Waals surface area contributed by atoms with E-state index in [9.17, 15) is 5.11 Å². The summed E-state index contributed by atoms with van der Waals surface area (Å²) in [5, 5.41) is 13.8. The number of methoxy groups -OCH3 is 1. The van der Waals surface area contributed by atoms with Gasteiger partial charge in [-0.05, 0) is 43.2 Å². The van der Waals surface area contributed by atoms with Crippen LogP contribution in [0, 0.1) is 0 Å². The van der Waals surface area contributed by atoms with Gasteiger partial charge in [0.25, 0.3) is 8.32 Å². The lowest BCUT2D eigenvalue weighted by Crippen LogP contribution is -2.68. The van der Waals surface area contributed by atoms with Crippen LogP contribution >= 0.6 is 0 Å². The fourth-order valence-corrected chi connectivity index (χ4v) is 14.9. The molecule has 10 atom stereocenters. The van der Waals surface area contributed by atoms with E-state index >= 15 is 0 Å². The second-order valence-electron chi connectivity index (χ2n) is 20.4. The molecule has 2 aliphatic heterocycles. The Kier molecular flexibility index (Phi) is 19.6. The number of aliphatic hydroxyl groups is 1. The molecule has 0 amide bonds. The number of rotatable bonds is 24. The van der Waals surface area contributed by atoms with Crippen molar-refractivity contribution in [2.75, 3.05) is 20.3 Å². The van der Waals surface area contributed by atoms with Crippen molar-refractivity contribution in [3.05, 3.63) is 240 Å². The van der Waals surface area contributed by atoms with Gasteiger partial charge < -0.3 is 52.2 Å². The molecular weight excluding hydrogens is 973 g/mol. The minimum Gasteiger partial charge on any atom is -0.405 e. The first kappa shape index (κ1) is 55.1. The molecule has 0 unspecified atom stereocenters. The predicted molar refractivity (Wildman–Crippen MR) is 295 cm³/mol. The second kappa shape index (κ2) is 27.1. The Hall–Kier alpha value is -5.68. The second-order valence-corrected chi connectivity index (χ2v) is 24.7. The van der Waals surface area contributed by atoms with Crippen LogP contribution in [-0.2, 0) is 80.1 Å². The van der Waals surface area contributed by atoms with E-state index in [1.54, 1.807) is 0 Å². The summed E-state index contributed by atoms with van der Waals surface area (Å²) in [5.41, 5.74) is 4.82. The van der Waals surface area contributed by atoms with E-state index in [1.165, 1.54) is 7.11 Å². The summed E-state index contributed by atoms with van der Waals surface area (Å²) in [7, 11) is -1.62. The van der Waals surface area contributed by atoms with Gasteiger partial charge in [0.2, 0.25) is 0 Å². The molecule has 0 spiro atoms. The molecule has 2 fully saturated rings. The van der Waals surface area contributed by atoms with Crippen LogP contribution in [0.2, 0.25) is 5.04 Å². The molecule has 7 aromatic rings. The Morgan fingerprint density at radius 2 is 0.697 bits per heavy atom. The number of aliphatic hydroxyl groups excluding tert-OH is 1. The molecule has 1 N–H and O–H groups in total. The fourth-order valence-electron chi connectivity index (χ4n) is 10.3. The summed E-state index contributed by atoms with van der Waals surface area (Å²) in [6.45, 7) is 8.03. The van der Waals surface area contributed by atoms with Crippen LogP contribution in [0.1, 0.15) is 48.6 Å². The molecule has 398 valence electrons. The molecule has 12 heteroatoms. The largest absolute Gasteiger partial charge is 0.405 e. The van der Waals surface area contributed by atoms with Crippen molar-refractivity contribution in [1.29, 1.82) is 0 Å². The summed E-state index contributed by atoms with van der Waals surface area (Å²) < 4.78 is 69.2. The monoisotopic (exact) mass is 1040 g/mol. The zero-order valence-electron chi connectivity index (χ0n) is 44.0. The highest BCUT2D eigenvalue weighted by Gasteiger charge is 2.55. The summed E-state index contributed by atoms with van der Waals surface area (Å²) in [6.07, 6.45) is -8.92. The highest BCUT2D eigenvalue weighted by molar-refractivity contribution is 6.99. The van der Waals surface area contributed by atoms with Gasteiger partial charge in [-0.25, -0.2) is 0 Å². The van der Waals surface area contributed by atoms with Crippen LogP contribution in [0.5, 0.6) is 0 Å². The SMILES string of the molecule is CO[C@H]1O[C@H](CO[C@H]2O[C@H](CO[Si](c3ccccc3)(c3ccccc3)C(C)(C)C)[C@@H](OCc3ccccc3)[C@H](OCc3ccccc3)[C@H]2OCc2ccccc2)[C@@H](OCc2ccccc2)[C@H](OCc2ccccc2)[C@H]1O. The third kappa shape index (κ3) is 13.9. The van der Waals surface area contributed by atoms with Crippen molar-refractivity contribution in [3.63, 3.8) is 0 Å². The molecule has 2 aliphatic rings. The third-order valence-corrected chi connectivity index (χ3v) is 19.2. The Labute approximate surface area is 449 Å². The molecule has 0 saturated carbocycles. The van der Waals surface area contributed by atoms with Crippen molar-refractivity contribution < 1.29 is 52.2 Å². The average Bonchev–Trinajstić information content (AvgIpc) is 3.49. The first-order chi connectivity index (χ1) is 37.2. The molecule has 11 nitrogen and oxygen atoms in total. The quantitative estimate of drug-likeness (QED) is 0.0584. The number of hydrogen-bond acceptors (Lipinski definition) is 11. The van der Waals surface area contributed by atoms with E-state index < -0.39 is 69.7 Å². The van der Waals surface area contributed by atoms with Gasteiger partial charge in [0.1, 0.15) is 48.8 Å². The van der Waals surface area contributed by atoms with Crippen molar-refractivity contribution in [3.8, 4) is 0 Å². The summed E-state index contributed by atoms with van der Waals surface area (Å²) in [6, 6.07) is 71.1. The molecule has 9 rings (SSSR count). The molecule has 0 radical (unpaired) electrons. The van der Waals surface area contributed by atoms with Crippen LogP contribution in [0.4, 0.5) is 0 Å². The topological polar surface area (TPSA) is 113 Å². The maximum Gasteiger partial charge on any atom is 0.261 e. The molecule has 0 bridgehead atoms. The summed E-state index contributed by atoms with van der Waals surface area (Å²) in [4.78, 5) is 0. The normalized spacial score (nSPS) is 24.0. The molecule has 0 aromatic heterocycles. The van der Waals surface area contributed by atoms with Crippen molar-refractivity contribution >= 4 is 18.7 Å². The van der Waals surface area contributed by atoms with Gasteiger partial charge in [0.15, 0.2) is 12.6 Å². The first-order valence-electron chi connectivity index (χ1n) is 26.4. The average molecular weight is 1050 g/mol. The molecule has 76 heavy (non-hydrogen) atoms. The van der Waals surface area contributed by atoms with Crippen molar-refractivity contribution in [2.24, 2.45) is 0 Å². The Balaban J connectivity index is 1.11. The summed E-state index contributed by atoms with van der Waals surface area (Å²) >= 11 is 0. The number of benzene rings is 7. The van der Waals surface area contributed by atoms with Gasteiger partial charge in [-0.15, -0.1) is 0 Å². The summed E-state index contributed by atoms with van der Waals surface area (Å²) in [5.74, 6) is 0. The van der Waals surface area contributed by atoms with E-state index in [0.29, 0.717) is 0 Å². The number of ether oxygens (including phenoxy) is 9. The molecule has 0 aliphatic carbocycles. The first-order valence-corrected chi connectivity index (χ1v) is 28.3. The van der Waals surface area contributed by atoms with E-state index in [1.807, 2.05) is 164 Å². The number of hydrogen-bond donors (Lipinski definition) is 1. The fraction of sp³-hybridized carbons (Fsp3) is 0.344. The highest BCUT2D eigenvalue weighted by Crippen LogP contribution is 2.39.